The SMILES string of the molecule is COCCCOc1ccnc(C(=O)Sc2nc3ccccc3[nH]2)c1C.[KH]. The van der Waals surface area contributed by atoms with Crippen molar-refractivity contribution in [1.29, 1.82) is 0 Å². The predicted molar refractivity (Wildman–Crippen MR) is 104 cm³/mol. The van der Waals surface area contributed by atoms with Gasteiger partial charge >= 0.3 is 51.4 Å². The molecule has 0 aliphatic heterocycles. The molecular weight excluding hydrogens is 377 g/mol. The van der Waals surface area contributed by atoms with Gasteiger partial charge in [-0.15, -0.1) is 0 Å². The van der Waals surface area contributed by atoms with Crippen molar-refractivity contribution in [2.24, 2.45) is 0 Å². The minimum absolute atomic E-state index is 0. The first-order valence-corrected chi connectivity index (χ1v) is 8.75. The Bertz CT molecular complexity index is 852. The average molecular weight is 398 g/mol. The van der Waals surface area contributed by atoms with Gasteiger partial charge in [-0.25, -0.2) is 4.98 Å². The Labute approximate surface area is 198 Å². The number of thioether (sulfide) groups is 1. The van der Waals surface area contributed by atoms with E-state index in [0.717, 1.165) is 34.8 Å². The third-order valence-corrected chi connectivity index (χ3v) is 4.42. The van der Waals surface area contributed by atoms with E-state index in [2.05, 4.69) is 15.0 Å². The molecule has 0 unspecified atom stereocenters. The normalized spacial score (nSPS) is 10.5. The fraction of sp³-hybridized carbons (Fsp3) is 0.278. The first-order valence-electron chi connectivity index (χ1n) is 7.93. The maximum absolute atomic E-state index is 12.6. The molecule has 1 aromatic carbocycles. The number of aromatic amines is 1. The molecule has 0 fully saturated rings. The monoisotopic (exact) mass is 397 g/mol. The number of rotatable bonds is 7. The number of benzene rings is 1. The number of para-hydroxylation sites is 2. The van der Waals surface area contributed by atoms with Crippen molar-refractivity contribution in [2.45, 2.75) is 18.5 Å². The summed E-state index contributed by atoms with van der Waals surface area (Å²) in [6.45, 7) is 3.01. The van der Waals surface area contributed by atoms with Crippen molar-refractivity contribution >= 4 is 79.3 Å². The van der Waals surface area contributed by atoms with Crippen molar-refractivity contribution in [1.82, 2.24) is 15.0 Å². The van der Waals surface area contributed by atoms with E-state index in [-0.39, 0.29) is 56.5 Å². The van der Waals surface area contributed by atoms with Crippen molar-refractivity contribution in [3.8, 4) is 5.75 Å². The van der Waals surface area contributed by atoms with Gasteiger partial charge in [-0.2, -0.15) is 0 Å². The second-order valence-electron chi connectivity index (χ2n) is 5.43. The minimum atomic E-state index is -0.168. The van der Waals surface area contributed by atoms with Gasteiger partial charge < -0.3 is 14.5 Å². The van der Waals surface area contributed by atoms with E-state index in [0.29, 0.717) is 29.8 Å². The summed E-state index contributed by atoms with van der Waals surface area (Å²) in [6.07, 6.45) is 2.38. The number of pyridine rings is 1. The van der Waals surface area contributed by atoms with Crippen LogP contribution < -0.4 is 4.74 Å². The van der Waals surface area contributed by atoms with Crippen LogP contribution in [0.15, 0.2) is 41.7 Å². The molecule has 3 rings (SSSR count). The fourth-order valence-corrected chi connectivity index (χ4v) is 3.16. The molecule has 0 atom stereocenters. The van der Waals surface area contributed by atoms with Crippen LogP contribution in [-0.2, 0) is 4.74 Å². The van der Waals surface area contributed by atoms with E-state index < -0.39 is 0 Å². The van der Waals surface area contributed by atoms with Crippen molar-refractivity contribution in [3.05, 3.63) is 47.8 Å². The Morgan fingerprint density at radius 3 is 2.81 bits per heavy atom. The summed E-state index contributed by atoms with van der Waals surface area (Å²) >= 11 is 1.03. The van der Waals surface area contributed by atoms with Gasteiger partial charge in [0.05, 0.1) is 17.6 Å². The third-order valence-electron chi connectivity index (χ3n) is 3.66. The van der Waals surface area contributed by atoms with E-state index in [1.807, 2.05) is 31.2 Å². The second kappa shape index (κ2) is 10.6. The van der Waals surface area contributed by atoms with Crippen LogP contribution in [-0.4, -0.2) is 91.8 Å². The van der Waals surface area contributed by atoms with Crippen LogP contribution in [0.1, 0.15) is 22.5 Å². The van der Waals surface area contributed by atoms with Crippen LogP contribution >= 0.6 is 11.8 Å². The number of hydrogen-bond acceptors (Lipinski definition) is 6. The third kappa shape index (κ3) is 5.38. The first-order chi connectivity index (χ1) is 12.2. The number of carbonyl (C=O) groups is 1. The summed E-state index contributed by atoms with van der Waals surface area (Å²) in [5, 5.41) is 0.387. The molecule has 0 saturated heterocycles. The molecule has 0 bridgehead atoms. The second-order valence-corrected chi connectivity index (χ2v) is 6.39. The maximum atomic E-state index is 12.6. The van der Waals surface area contributed by atoms with Gasteiger partial charge in [0.1, 0.15) is 11.4 Å². The van der Waals surface area contributed by atoms with Crippen LogP contribution in [0.3, 0.4) is 0 Å². The van der Waals surface area contributed by atoms with E-state index in [1.165, 1.54) is 0 Å². The average Bonchev–Trinajstić information content (AvgIpc) is 3.02. The fourth-order valence-electron chi connectivity index (χ4n) is 2.38. The number of aromatic nitrogens is 3. The number of nitrogens with one attached hydrogen (secondary N) is 1. The number of imidazole rings is 1. The quantitative estimate of drug-likeness (QED) is 0.375. The zero-order valence-electron chi connectivity index (χ0n) is 14.1. The summed E-state index contributed by atoms with van der Waals surface area (Å²) in [6, 6.07) is 9.43. The van der Waals surface area contributed by atoms with E-state index in [4.69, 9.17) is 9.47 Å². The summed E-state index contributed by atoms with van der Waals surface area (Å²) < 4.78 is 10.7. The van der Waals surface area contributed by atoms with Crippen LogP contribution in [0.5, 0.6) is 5.75 Å². The van der Waals surface area contributed by atoms with Crippen LogP contribution in [0.2, 0.25) is 0 Å². The van der Waals surface area contributed by atoms with Crippen LogP contribution in [0, 0.1) is 6.92 Å². The molecule has 1 N–H and O–H groups in total. The van der Waals surface area contributed by atoms with E-state index in [9.17, 15) is 4.79 Å². The summed E-state index contributed by atoms with van der Waals surface area (Å²) in [4.78, 5) is 24.4. The molecule has 8 heteroatoms. The Morgan fingerprint density at radius 2 is 2.04 bits per heavy atom. The van der Waals surface area contributed by atoms with Crippen molar-refractivity contribution in [3.63, 3.8) is 0 Å². The van der Waals surface area contributed by atoms with E-state index in [1.54, 1.807) is 19.4 Å². The molecule has 2 heterocycles. The van der Waals surface area contributed by atoms with Gasteiger partial charge in [0.15, 0.2) is 5.16 Å². The first kappa shape index (κ1) is 21.6. The molecule has 3 aromatic rings. The molecule has 26 heavy (non-hydrogen) atoms. The number of hydrogen-bond donors (Lipinski definition) is 1. The number of ether oxygens (including phenoxy) is 2. The predicted octanol–water partition coefficient (Wildman–Crippen LogP) is 2.97. The van der Waals surface area contributed by atoms with Gasteiger partial charge in [-0.05, 0) is 36.9 Å². The number of nitrogens with zero attached hydrogens (tertiary/aromatic N) is 2. The van der Waals surface area contributed by atoms with Crippen molar-refractivity contribution < 1.29 is 14.3 Å². The zero-order valence-corrected chi connectivity index (χ0v) is 14.9. The summed E-state index contributed by atoms with van der Waals surface area (Å²) in [7, 11) is 1.66. The van der Waals surface area contributed by atoms with Gasteiger partial charge in [-0.1, -0.05) is 12.1 Å². The van der Waals surface area contributed by atoms with Gasteiger partial charge in [-0.3, -0.25) is 9.78 Å². The number of methoxy groups -OCH3 is 1. The summed E-state index contributed by atoms with van der Waals surface area (Å²) in [5.74, 6) is 0.666. The van der Waals surface area contributed by atoms with Gasteiger partial charge in [0.25, 0.3) is 0 Å². The van der Waals surface area contributed by atoms with E-state index >= 15 is 0 Å². The Hall–Kier alpha value is -0.744. The molecular formula is C18H20KN3O3S. The Balaban J connectivity index is 0.00000243. The molecule has 132 valence electrons. The number of fused-ring (bicyclic) bond motifs is 1. The summed E-state index contributed by atoms with van der Waals surface area (Å²) in [5.41, 5.74) is 2.85. The molecule has 0 saturated carbocycles. The standard InChI is InChI=1S/C18H19N3O3S.K.H/c1-12-15(24-11-5-10-23-2)8-9-19-16(12)17(22)25-18-20-13-6-3-4-7-14(13)21-18;;/h3-4,6-9H,5,10-11H2,1-2H3,(H,20,21);;. The molecule has 0 aliphatic carbocycles. The Kier molecular flexibility index (Phi) is 8.75. The van der Waals surface area contributed by atoms with Crippen molar-refractivity contribution in [2.75, 3.05) is 20.3 Å². The van der Waals surface area contributed by atoms with Gasteiger partial charge in [0.2, 0.25) is 5.12 Å². The molecule has 0 amide bonds. The Morgan fingerprint density at radius 1 is 1.23 bits per heavy atom. The molecule has 2 aromatic heterocycles. The number of carbonyl (C=O) groups excluding carboxylic acids is 1. The zero-order chi connectivity index (χ0) is 17.6. The molecule has 0 spiro atoms. The topological polar surface area (TPSA) is 77.1 Å². The molecule has 0 aliphatic rings. The van der Waals surface area contributed by atoms with Crippen LogP contribution in [0.4, 0.5) is 0 Å². The van der Waals surface area contributed by atoms with Gasteiger partial charge in [0, 0.05) is 31.9 Å². The molecule has 0 radical (unpaired) electrons. The van der Waals surface area contributed by atoms with Crippen LogP contribution in [0.25, 0.3) is 11.0 Å². The molecule has 6 nitrogen and oxygen atoms in total. The number of H-pyrrole nitrogens is 1.